The minimum absolute atomic E-state index is 0.376. The Morgan fingerprint density at radius 1 is 1.50 bits per heavy atom. The number of ether oxygens (including phenoxy) is 1. The average Bonchev–Trinajstić information content (AvgIpc) is 2.04. The molecule has 1 aliphatic rings. The minimum Gasteiger partial charge on any atom is -0.382 e. The molecule has 0 aromatic carbocycles. The lowest BCUT2D eigenvalue weighted by atomic mass is 10.0. The molecule has 2 unspecified atom stereocenters. The summed E-state index contributed by atoms with van der Waals surface area (Å²) in [7, 11) is 1.99. The van der Waals surface area contributed by atoms with Gasteiger partial charge in [-0.1, -0.05) is 6.58 Å². The molecule has 0 aromatic heterocycles. The lowest BCUT2D eigenvalue weighted by molar-refractivity contribution is 0.0548. The van der Waals surface area contributed by atoms with Crippen LogP contribution in [-0.2, 0) is 4.74 Å². The molecule has 0 bridgehead atoms. The molecule has 3 heteroatoms. The van der Waals surface area contributed by atoms with Gasteiger partial charge < -0.3 is 15.4 Å². The first kappa shape index (κ1) is 9.55. The molecular weight excluding hydrogens is 152 g/mol. The summed E-state index contributed by atoms with van der Waals surface area (Å²) in [5.41, 5.74) is 1.01. The Balaban J connectivity index is 2.41. The highest BCUT2D eigenvalue weighted by molar-refractivity contribution is 4.94. The maximum absolute atomic E-state index is 5.37. The molecule has 0 spiro atoms. The van der Waals surface area contributed by atoms with Gasteiger partial charge in [-0.25, -0.2) is 0 Å². The van der Waals surface area contributed by atoms with Crippen molar-refractivity contribution in [1.29, 1.82) is 0 Å². The predicted molar refractivity (Wildman–Crippen MR) is 50.0 cm³/mol. The van der Waals surface area contributed by atoms with Crippen molar-refractivity contribution >= 4 is 0 Å². The third-order valence-corrected chi connectivity index (χ3v) is 2.16. The molecule has 1 fully saturated rings. The number of allylic oxidation sites excluding steroid dienone is 1. The van der Waals surface area contributed by atoms with E-state index in [4.69, 9.17) is 4.74 Å². The normalized spacial score (nSPS) is 29.8. The number of likely N-dealkylation sites (N-methyl/N-ethyl adjacent to an activating group) is 1. The second-order valence-corrected chi connectivity index (χ2v) is 3.29. The molecule has 2 atom stereocenters. The summed E-state index contributed by atoms with van der Waals surface area (Å²) in [4.78, 5) is 0. The van der Waals surface area contributed by atoms with E-state index in [-0.39, 0.29) is 0 Å². The zero-order valence-electron chi connectivity index (χ0n) is 7.89. The summed E-state index contributed by atoms with van der Waals surface area (Å²) in [6.45, 7) is 7.43. The first-order valence-electron chi connectivity index (χ1n) is 4.41. The van der Waals surface area contributed by atoms with Gasteiger partial charge in [0.2, 0.25) is 0 Å². The monoisotopic (exact) mass is 170 g/mol. The Kier molecular flexibility index (Phi) is 3.56. The Labute approximate surface area is 74.2 Å². The van der Waals surface area contributed by atoms with Crippen molar-refractivity contribution in [2.24, 2.45) is 0 Å². The summed E-state index contributed by atoms with van der Waals surface area (Å²) >= 11 is 0. The van der Waals surface area contributed by atoms with Crippen LogP contribution in [0.2, 0.25) is 0 Å². The van der Waals surface area contributed by atoms with E-state index in [0.29, 0.717) is 12.1 Å². The van der Waals surface area contributed by atoms with Crippen LogP contribution in [0.3, 0.4) is 0 Å². The number of hydrogen-bond donors (Lipinski definition) is 2. The van der Waals surface area contributed by atoms with Crippen LogP contribution in [0.1, 0.15) is 13.3 Å². The first-order valence-corrected chi connectivity index (χ1v) is 4.41. The fourth-order valence-corrected chi connectivity index (χ4v) is 1.54. The van der Waals surface area contributed by atoms with Crippen LogP contribution >= 0.6 is 0 Å². The van der Waals surface area contributed by atoms with Crippen LogP contribution in [0.5, 0.6) is 0 Å². The molecule has 12 heavy (non-hydrogen) atoms. The van der Waals surface area contributed by atoms with Crippen LogP contribution in [0, 0.1) is 0 Å². The molecule has 0 aliphatic carbocycles. The third-order valence-electron chi connectivity index (χ3n) is 2.16. The summed E-state index contributed by atoms with van der Waals surface area (Å²) in [6, 6.07) is 0.886. The fraction of sp³-hybridized carbons (Fsp3) is 0.778. The van der Waals surface area contributed by atoms with E-state index >= 15 is 0 Å². The predicted octanol–water partition coefficient (Wildman–Crippen LogP) is 0.486. The van der Waals surface area contributed by atoms with Gasteiger partial charge in [0, 0.05) is 18.3 Å². The standard InChI is InChI=1S/C9H18N2O/c1-7(2)11-9-6-12-5-4-8(9)10-3/h8-11H,1,4-6H2,2-3H3. The van der Waals surface area contributed by atoms with Crippen molar-refractivity contribution in [3.05, 3.63) is 12.3 Å². The van der Waals surface area contributed by atoms with E-state index < -0.39 is 0 Å². The van der Waals surface area contributed by atoms with Gasteiger partial charge in [0.1, 0.15) is 0 Å². The van der Waals surface area contributed by atoms with Crippen molar-refractivity contribution < 1.29 is 4.74 Å². The van der Waals surface area contributed by atoms with Gasteiger partial charge in [-0.2, -0.15) is 0 Å². The Hall–Kier alpha value is -0.540. The summed E-state index contributed by atoms with van der Waals surface area (Å²) in [5, 5.41) is 6.58. The lowest BCUT2D eigenvalue weighted by Gasteiger charge is -2.32. The van der Waals surface area contributed by atoms with Crippen LogP contribution in [-0.4, -0.2) is 32.3 Å². The summed E-state index contributed by atoms with van der Waals surface area (Å²) in [5.74, 6) is 0. The van der Waals surface area contributed by atoms with Crippen molar-refractivity contribution in [2.75, 3.05) is 20.3 Å². The second kappa shape index (κ2) is 4.48. The molecule has 1 rings (SSSR count). The molecule has 0 radical (unpaired) electrons. The number of nitrogens with one attached hydrogen (secondary N) is 2. The Morgan fingerprint density at radius 3 is 2.83 bits per heavy atom. The zero-order valence-corrected chi connectivity index (χ0v) is 7.89. The molecule has 1 saturated heterocycles. The van der Waals surface area contributed by atoms with Gasteiger partial charge >= 0.3 is 0 Å². The van der Waals surface area contributed by atoms with E-state index in [1.165, 1.54) is 0 Å². The molecule has 2 N–H and O–H groups in total. The largest absolute Gasteiger partial charge is 0.382 e. The number of hydrogen-bond acceptors (Lipinski definition) is 3. The first-order chi connectivity index (χ1) is 5.74. The third kappa shape index (κ3) is 2.50. The molecular formula is C9H18N2O. The molecule has 1 heterocycles. The van der Waals surface area contributed by atoms with Gasteiger partial charge in [0.25, 0.3) is 0 Å². The maximum atomic E-state index is 5.37. The minimum atomic E-state index is 0.376. The molecule has 3 nitrogen and oxygen atoms in total. The van der Waals surface area contributed by atoms with Crippen LogP contribution < -0.4 is 10.6 Å². The lowest BCUT2D eigenvalue weighted by Crippen LogP contribution is -2.52. The highest BCUT2D eigenvalue weighted by atomic mass is 16.5. The second-order valence-electron chi connectivity index (χ2n) is 3.29. The number of rotatable bonds is 3. The van der Waals surface area contributed by atoms with E-state index in [9.17, 15) is 0 Å². The molecule has 0 saturated carbocycles. The van der Waals surface area contributed by atoms with E-state index in [1.54, 1.807) is 0 Å². The quantitative estimate of drug-likeness (QED) is 0.646. The Morgan fingerprint density at radius 2 is 2.25 bits per heavy atom. The van der Waals surface area contributed by atoms with Gasteiger partial charge in [-0.15, -0.1) is 0 Å². The van der Waals surface area contributed by atoms with E-state index in [0.717, 1.165) is 25.3 Å². The summed E-state index contributed by atoms with van der Waals surface area (Å²) < 4.78 is 5.37. The molecule has 70 valence electrons. The van der Waals surface area contributed by atoms with Crippen LogP contribution in [0.4, 0.5) is 0 Å². The van der Waals surface area contributed by atoms with Gasteiger partial charge in [-0.05, 0) is 20.4 Å². The molecule has 0 amide bonds. The van der Waals surface area contributed by atoms with E-state index in [1.807, 2.05) is 14.0 Å². The van der Waals surface area contributed by atoms with Crippen molar-refractivity contribution in [3.63, 3.8) is 0 Å². The Bertz CT molecular complexity index is 159. The van der Waals surface area contributed by atoms with E-state index in [2.05, 4.69) is 17.2 Å². The molecule has 0 aromatic rings. The van der Waals surface area contributed by atoms with Gasteiger partial charge in [0.05, 0.1) is 12.6 Å². The smallest absolute Gasteiger partial charge is 0.0682 e. The van der Waals surface area contributed by atoms with Gasteiger partial charge in [-0.3, -0.25) is 0 Å². The van der Waals surface area contributed by atoms with Crippen molar-refractivity contribution in [3.8, 4) is 0 Å². The van der Waals surface area contributed by atoms with Crippen molar-refractivity contribution in [1.82, 2.24) is 10.6 Å². The molecule has 1 aliphatic heterocycles. The zero-order chi connectivity index (χ0) is 8.97. The highest BCUT2D eigenvalue weighted by Crippen LogP contribution is 2.08. The summed E-state index contributed by atoms with van der Waals surface area (Å²) in [6.07, 6.45) is 1.07. The fourth-order valence-electron chi connectivity index (χ4n) is 1.54. The van der Waals surface area contributed by atoms with Gasteiger partial charge in [0.15, 0.2) is 0 Å². The van der Waals surface area contributed by atoms with Crippen molar-refractivity contribution in [2.45, 2.75) is 25.4 Å². The van der Waals surface area contributed by atoms with Crippen LogP contribution in [0.25, 0.3) is 0 Å². The SMILES string of the molecule is C=C(C)NC1COCCC1NC. The topological polar surface area (TPSA) is 33.3 Å². The highest BCUT2D eigenvalue weighted by Gasteiger charge is 2.23. The van der Waals surface area contributed by atoms with Crippen LogP contribution in [0.15, 0.2) is 12.3 Å². The average molecular weight is 170 g/mol. The maximum Gasteiger partial charge on any atom is 0.0682 e.